The van der Waals surface area contributed by atoms with Gasteiger partial charge >= 0.3 is 0 Å². The summed E-state index contributed by atoms with van der Waals surface area (Å²) in [7, 11) is -2.59. The van der Waals surface area contributed by atoms with Gasteiger partial charge in [0.1, 0.15) is 10.8 Å². The highest BCUT2D eigenvalue weighted by molar-refractivity contribution is 7.90. The summed E-state index contributed by atoms with van der Waals surface area (Å²) in [4.78, 5) is 10.1. The van der Waals surface area contributed by atoms with Crippen LogP contribution in [-0.2, 0) is 16.6 Å². The molecule has 3 rings (SSSR count). The number of halogens is 1. The molecule has 3 aromatic rings. The van der Waals surface area contributed by atoms with E-state index in [0.717, 1.165) is 10.0 Å². The first-order valence-corrected chi connectivity index (χ1v) is 9.19. The van der Waals surface area contributed by atoms with Gasteiger partial charge < -0.3 is 10.5 Å². The molecule has 2 aromatic carbocycles. The van der Waals surface area contributed by atoms with Crippen LogP contribution < -0.4 is 10.5 Å². The van der Waals surface area contributed by atoms with Gasteiger partial charge in [-0.2, -0.15) is 0 Å². The summed E-state index contributed by atoms with van der Waals surface area (Å²) in [6.45, 7) is 0.118. The highest BCUT2D eigenvalue weighted by Gasteiger charge is 2.24. The summed E-state index contributed by atoms with van der Waals surface area (Å²) in [5.74, 6) is 0.560. The summed E-state index contributed by atoms with van der Waals surface area (Å²) in [6, 6.07) is 8.25. The monoisotopic (exact) mass is 395 g/mol. The number of methoxy groups -OCH3 is 1. The Hall–Kier alpha value is -2.62. The van der Waals surface area contributed by atoms with E-state index in [4.69, 9.17) is 22.1 Å². The van der Waals surface area contributed by atoms with Crippen molar-refractivity contribution in [2.24, 2.45) is 5.73 Å². The Labute approximate surface area is 153 Å². The molecule has 0 aliphatic heterocycles. The van der Waals surface area contributed by atoms with E-state index in [2.05, 4.69) is 0 Å². The van der Waals surface area contributed by atoms with Crippen molar-refractivity contribution in [1.82, 2.24) is 3.97 Å². The summed E-state index contributed by atoms with van der Waals surface area (Å²) < 4.78 is 32.3. The molecule has 1 aromatic heterocycles. The minimum atomic E-state index is -4.09. The van der Waals surface area contributed by atoms with Gasteiger partial charge in [0, 0.05) is 24.2 Å². The Bertz CT molecular complexity index is 1120. The third-order valence-electron chi connectivity index (χ3n) is 3.95. The number of hydrogen-bond acceptors (Lipinski definition) is 6. The van der Waals surface area contributed by atoms with Crippen LogP contribution in [0.5, 0.6) is 5.75 Å². The molecule has 0 bridgehead atoms. The highest BCUT2D eigenvalue weighted by atomic mass is 35.5. The number of nitrogens with zero attached hydrogens (tertiary/aromatic N) is 2. The molecule has 0 saturated carbocycles. The highest BCUT2D eigenvalue weighted by Crippen LogP contribution is 2.32. The van der Waals surface area contributed by atoms with Gasteiger partial charge in [0.2, 0.25) is 0 Å². The van der Waals surface area contributed by atoms with Gasteiger partial charge in [0.05, 0.1) is 22.4 Å². The smallest absolute Gasteiger partial charge is 0.289 e. The molecule has 0 atom stereocenters. The number of ether oxygens (including phenoxy) is 1. The van der Waals surface area contributed by atoms with Crippen LogP contribution in [0.4, 0.5) is 5.69 Å². The van der Waals surface area contributed by atoms with Crippen LogP contribution in [0.3, 0.4) is 0 Å². The maximum absolute atomic E-state index is 13.0. The van der Waals surface area contributed by atoms with Crippen LogP contribution in [0.1, 0.15) is 5.56 Å². The normalized spacial score (nSPS) is 11.7. The predicted octanol–water partition coefficient (Wildman–Crippen LogP) is 2.91. The van der Waals surface area contributed by atoms with Crippen molar-refractivity contribution in [3.63, 3.8) is 0 Å². The molecule has 0 spiro atoms. The van der Waals surface area contributed by atoms with Crippen molar-refractivity contribution >= 4 is 38.2 Å². The molecule has 0 unspecified atom stereocenters. The van der Waals surface area contributed by atoms with Crippen molar-refractivity contribution in [3.05, 3.63) is 63.3 Å². The van der Waals surface area contributed by atoms with Crippen LogP contribution in [-0.4, -0.2) is 24.4 Å². The summed E-state index contributed by atoms with van der Waals surface area (Å²) in [6.07, 6.45) is 1.40. The van der Waals surface area contributed by atoms with Crippen LogP contribution in [0.25, 0.3) is 10.9 Å². The van der Waals surface area contributed by atoms with E-state index in [0.29, 0.717) is 22.2 Å². The lowest BCUT2D eigenvalue weighted by Gasteiger charge is -2.08. The van der Waals surface area contributed by atoms with Gasteiger partial charge in [0.15, 0.2) is 0 Å². The molecule has 0 aliphatic carbocycles. The molecule has 0 radical (unpaired) electrons. The average Bonchev–Trinajstić information content (AvgIpc) is 3.00. The van der Waals surface area contributed by atoms with E-state index in [-0.39, 0.29) is 16.5 Å². The van der Waals surface area contributed by atoms with Gasteiger partial charge in [-0.05, 0) is 35.9 Å². The van der Waals surface area contributed by atoms with Crippen molar-refractivity contribution < 1.29 is 18.1 Å². The first kappa shape index (κ1) is 18.2. The van der Waals surface area contributed by atoms with Crippen molar-refractivity contribution in [2.75, 3.05) is 7.11 Å². The Kier molecular flexibility index (Phi) is 4.61. The molecule has 0 saturated heterocycles. The number of hydrogen-bond donors (Lipinski definition) is 1. The number of fused-ring (bicyclic) bond motifs is 1. The molecule has 136 valence electrons. The molecule has 1 heterocycles. The van der Waals surface area contributed by atoms with E-state index in [1.807, 2.05) is 0 Å². The minimum Gasteiger partial charge on any atom is -0.497 e. The number of nitrogens with two attached hydrogens (primary N) is 1. The van der Waals surface area contributed by atoms with Crippen LogP contribution in [0, 0.1) is 10.1 Å². The Morgan fingerprint density at radius 2 is 2.00 bits per heavy atom. The quantitative estimate of drug-likeness (QED) is 0.524. The molecule has 0 fully saturated rings. The second-order valence-electron chi connectivity index (χ2n) is 5.41. The fraction of sp³-hybridized carbons (Fsp3) is 0.125. The average molecular weight is 396 g/mol. The first-order chi connectivity index (χ1) is 12.3. The van der Waals surface area contributed by atoms with Gasteiger partial charge in [-0.25, -0.2) is 12.4 Å². The molecule has 26 heavy (non-hydrogen) atoms. The molecule has 0 amide bonds. The van der Waals surface area contributed by atoms with E-state index >= 15 is 0 Å². The fourth-order valence-electron chi connectivity index (χ4n) is 2.64. The molecule has 8 nitrogen and oxygen atoms in total. The molecular formula is C16H14ClN3O5S. The van der Waals surface area contributed by atoms with Gasteiger partial charge in [0.25, 0.3) is 15.7 Å². The molecule has 10 heteroatoms. The zero-order valence-corrected chi connectivity index (χ0v) is 15.1. The summed E-state index contributed by atoms with van der Waals surface area (Å²) in [5.41, 5.74) is 6.24. The first-order valence-electron chi connectivity index (χ1n) is 7.37. The Morgan fingerprint density at radius 3 is 2.62 bits per heavy atom. The zero-order valence-electron chi connectivity index (χ0n) is 13.5. The van der Waals surface area contributed by atoms with Crippen molar-refractivity contribution in [1.29, 1.82) is 0 Å². The molecular weight excluding hydrogens is 382 g/mol. The lowest BCUT2D eigenvalue weighted by atomic mass is 10.2. The van der Waals surface area contributed by atoms with Crippen LogP contribution in [0.2, 0.25) is 5.02 Å². The number of aromatic nitrogens is 1. The second kappa shape index (κ2) is 6.60. The van der Waals surface area contributed by atoms with E-state index in [9.17, 15) is 18.5 Å². The number of rotatable bonds is 5. The Morgan fingerprint density at radius 1 is 1.27 bits per heavy atom. The number of benzene rings is 2. The maximum Gasteiger partial charge on any atom is 0.289 e. The number of nitro groups is 1. The fourth-order valence-corrected chi connectivity index (χ4v) is 4.24. The van der Waals surface area contributed by atoms with Crippen molar-refractivity contribution in [2.45, 2.75) is 11.4 Å². The topological polar surface area (TPSA) is 117 Å². The van der Waals surface area contributed by atoms with Gasteiger partial charge in [-0.1, -0.05) is 11.6 Å². The molecule has 0 aliphatic rings. The summed E-state index contributed by atoms with van der Waals surface area (Å²) in [5, 5.41) is 11.5. The van der Waals surface area contributed by atoms with E-state index < -0.39 is 20.6 Å². The van der Waals surface area contributed by atoms with Crippen LogP contribution >= 0.6 is 11.6 Å². The maximum atomic E-state index is 13.0. The van der Waals surface area contributed by atoms with E-state index in [1.165, 1.54) is 25.4 Å². The minimum absolute atomic E-state index is 0.118. The third-order valence-corrected chi connectivity index (χ3v) is 5.94. The molecule has 2 N–H and O–H groups in total. The van der Waals surface area contributed by atoms with E-state index in [1.54, 1.807) is 18.2 Å². The SMILES string of the molecule is COc1ccc2c(c1)c(CN)cn2S(=O)(=O)c1ccc(Cl)c([N+](=O)[O-])c1. The lowest BCUT2D eigenvalue weighted by Crippen LogP contribution is -2.12. The Balaban J connectivity index is 2.25. The zero-order chi connectivity index (χ0) is 19.1. The van der Waals surface area contributed by atoms with Crippen LogP contribution in [0.15, 0.2) is 47.5 Å². The number of nitro benzene ring substituents is 1. The lowest BCUT2D eigenvalue weighted by molar-refractivity contribution is -0.384. The largest absolute Gasteiger partial charge is 0.497 e. The standard InChI is InChI=1S/C16H14ClN3O5S/c1-25-11-2-5-15-13(6-11)10(8-18)9-19(15)26(23,24)12-3-4-14(17)16(7-12)20(21)22/h2-7,9H,8,18H2,1H3. The van der Waals surface area contributed by atoms with Gasteiger partial charge in [-0.3, -0.25) is 10.1 Å². The predicted molar refractivity (Wildman–Crippen MR) is 97.1 cm³/mol. The third kappa shape index (κ3) is 2.90. The second-order valence-corrected chi connectivity index (χ2v) is 7.63. The van der Waals surface area contributed by atoms with Gasteiger partial charge in [-0.15, -0.1) is 0 Å². The summed E-state index contributed by atoms with van der Waals surface area (Å²) >= 11 is 5.77. The van der Waals surface area contributed by atoms with Crippen molar-refractivity contribution in [3.8, 4) is 5.75 Å².